The quantitative estimate of drug-likeness (QED) is 0.534. The van der Waals surface area contributed by atoms with Crippen molar-refractivity contribution in [3.8, 4) is 23.0 Å². The van der Waals surface area contributed by atoms with Crippen LogP contribution < -0.4 is 24.5 Å². The molecule has 2 heterocycles. The van der Waals surface area contributed by atoms with Gasteiger partial charge in [-0.05, 0) is 42.2 Å². The molecule has 0 unspecified atom stereocenters. The Kier molecular flexibility index (Phi) is 6.50. The van der Waals surface area contributed by atoms with E-state index >= 15 is 0 Å². The highest BCUT2D eigenvalue weighted by molar-refractivity contribution is 5.81. The number of nitrogens with zero attached hydrogens (tertiary/aromatic N) is 3. The van der Waals surface area contributed by atoms with Crippen LogP contribution in [0.5, 0.6) is 23.0 Å². The van der Waals surface area contributed by atoms with Crippen molar-refractivity contribution in [1.82, 2.24) is 14.5 Å². The van der Waals surface area contributed by atoms with Crippen LogP contribution in [0.15, 0.2) is 35.4 Å². The highest BCUT2D eigenvalue weighted by Crippen LogP contribution is 2.33. The molecular weight excluding hydrogens is 410 g/mol. The highest BCUT2D eigenvalue weighted by Gasteiger charge is 2.19. The molecule has 32 heavy (non-hydrogen) atoms. The zero-order chi connectivity index (χ0) is 22.7. The number of ether oxygens (including phenoxy) is 4. The molecular formula is C24H29N3O5. The highest BCUT2D eigenvalue weighted by atomic mass is 16.5. The lowest BCUT2D eigenvalue weighted by Gasteiger charge is -2.29. The van der Waals surface area contributed by atoms with E-state index in [0.29, 0.717) is 28.9 Å². The van der Waals surface area contributed by atoms with Gasteiger partial charge in [0.2, 0.25) is 0 Å². The third-order valence-electron chi connectivity index (χ3n) is 6.00. The SMILES string of the molecule is COc1cc2c(cc1OC)CN(CCCn1cnc3cc(OC)c(OC)cc3c1=O)CC2. The summed E-state index contributed by atoms with van der Waals surface area (Å²) in [4.78, 5) is 19.8. The first-order valence-corrected chi connectivity index (χ1v) is 10.6. The molecule has 8 heteroatoms. The first-order chi connectivity index (χ1) is 15.6. The van der Waals surface area contributed by atoms with Gasteiger partial charge in [-0.15, -0.1) is 0 Å². The zero-order valence-corrected chi connectivity index (χ0v) is 19.0. The summed E-state index contributed by atoms with van der Waals surface area (Å²) in [5.74, 6) is 2.62. The van der Waals surface area contributed by atoms with Crippen molar-refractivity contribution in [2.24, 2.45) is 0 Å². The summed E-state index contributed by atoms with van der Waals surface area (Å²) in [6, 6.07) is 7.58. The van der Waals surface area contributed by atoms with Gasteiger partial charge in [-0.3, -0.25) is 14.3 Å². The van der Waals surface area contributed by atoms with E-state index in [2.05, 4.69) is 22.0 Å². The average molecular weight is 440 g/mol. The molecule has 1 aliphatic heterocycles. The predicted molar refractivity (Wildman–Crippen MR) is 122 cm³/mol. The van der Waals surface area contributed by atoms with Crippen molar-refractivity contribution in [2.75, 3.05) is 41.5 Å². The van der Waals surface area contributed by atoms with E-state index in [1.807, 2.05) is 0 Å². The first kappa shape index (κ1) is 22.0. The van der Waals surface area contributed by atoms with Gasteiger partial charge in [-0.25, -0.2) is 4.98 Å². The topological polar surface area (TPSA) is 75.1 Å². The molecule has 0 amide bonds. The van der Waals surface area contributed by atoms with E-state index in [0.717, 1.165) is 44.0 Å². The number of aromatic nitrogens is 2. The third-order valence-corrected chi connectivity index (χ3v) is 6.00. The van der Waals surface area contributed by atoms with Gasteiger partial charge in [-0.2, -0.15) is 0 Å². The lowest BCUT2D eigenvalue weighted by Crippen LogP contribution is -2.32. The molecule has 0 spiro atoms. The van der Waals surface area contributed by atoms with Gasteiger partial charge in [0, 0.05) is 32.2 Å². The summed E-state index contributed by atoms with van der Waals surface area (Å²) in [5, 5.41) is 0.526. The molecule has 170 valence electrons. The molecule has 8 nitrogen and oxygen atoms in total. The summed E-state index contributed by atoms with van der Waals surface area (Å²) in [6.45, 7) is 3.33. The van der Waals surface area contributed by atoms with Gasteiger partial charge < -0.3 is 18.9 Å². The van der Waals surface area contributed by atoms with Crippen molar-refractivity contribution in [1.29, 1.82) is 0 Å². The van der Waals surface area contributed by atoms with Crippen LogP contribution in [0.25, 0.3) is 10.9 Å². The molecule has 0 aliphatic carbocycles. The summed E-state index contributed by atoms with van der Waals surface area (Å²) < 4.78 is 23.2. The van der Waals surface area contributed by atoms with Crippen LogP contribution in [-0.4, -0.2) is 56.0 Å². The molecule has 0 N–H and O–H groups in total. The van der Waals surface area contributed by atoms with Gasteiger partial charge in [0.1, 0.15) is 0 Å². The maximum Gasteiger partial charge on any atom is 0.261 e. The van der Waals surface area contributed by atoms with Crippen LogP contribution in [0.1, 0.15) is 17.5 Å². The molecule has 3 aromatic rings. The maximum atomic E-state index is 13.0. The standard InChI is InChI=1S/C24H29N3O5/c1-29-20-10-16-6-9-26(14-17(16)11-21(20)30-2)7-5-8-27-15-25-19-13-23(32-4)22(31-3)12-18(19)24(27)28/h10-13,15H,5-9,14H2,1-4H3. The van der Waals surface area contributed by atoms with Crippen molar-refractivity contribution in [3.63, 3.8) is 0 Å². The van der Waals surface area contributed by atoms with Gasteiger partial charge >= 0.3 is 0 Å². The Morgan fingerprint density at radius 2 is 1.47 bits per heavy atom. The largest absolute Gasteiger partial charge is 0.493 e. The molecule has 2 aromatic carbocycles. The van der Waals surface area contributed by atoms with Gasteiger partial charge in [0.25, 0.3) is 5.56 Å². The van der Waals surface area contributed by atoms with E-state index in [1.165, 1.54) is 11.1 Å². The molecule has 1 aromatic heterocycles. The predicted octanol–water partition coefficient (Wildman–Crippen LogP) is 2.88. The molecule has 0 fully saturated rings. The summed E-state index contributed by atoms with van der Waals surface area (Å²) in [5.41, 5.74) is 3.09. The van der Waals surface area contributed by atoms with Crippen molar-refractivity contribution in [3.05, 3.63) is 52.1 Å². The Hall–Kier alpha value is -3.26. The fraction of sp³-hybridized carbons (Fsp3) is 0.417. The number of hydrogen-bond acceptors (Lipinski definition) is 7. The van der Waals surface area contributed by atoms with Crippen molar-refractivity contribution < 1.29 is 18.9 Å². The smallest absolute Gasteiger partial charge is 0.261 e. The number of aryl methyl sites for hydroxylation is 1. The Balaban J connectivity index is 1.44. The van der Waals surface area contributed by atoms with Crippen LogP contribution in [0.2, 0.25) is 0 Å². The monoisotopic (exact) mass is 439 g/mol. The minimum atomic E-state index is -0.0724. The molecule has 0 saturated heterocycles. The number of methoxy groups -OCH3 is 4. The van der Waals surface area contributed by atoms with E-state index in [-0.39, 0.29) is 5.56 Å². The minimum Gasteiger partial charge on any atom is -0.493 e. The molecule has 0 atom stereocenters. The van der Waals surface area contributed by atoms with Crippen molar-refractivity contribution >= 4 is 10.9 Å². The second kappa shape index (κ2) is 9.48. The molecule has 0 saturated carbocycles. The van der Waals surface area contributed by atoms with Gasteiger partial charge in [0.05, 0.1) is 45.7 Å². The van der Waals surface area contributed by atoms with E-state index in [9.17, 15) is 4.79 Å². The maximum absolute atomic E-state index is 13.0. The van der Waals surface area contributed by atoms with Crippen molar-refractivity contribution in [2.45, 2.75) is 25.9 Å². The normalized spacial score (nSPS) is 13.6. The van der Waals surface area contributed by atoms with Crippen LogP contribution in [-0.2, 0) is 19.5 Å². The average Bonchev–Trinajstić information content (AvgIpc) is 2.83. The van der Waals surface area contributed by atoms with E-state index < -0.39 is 0 Å². The fourth-order valence-corrected chi connectivity index (χ4v) is 4.24. The molecule has 4 rings (SSSR count). The number of rotatable bonds is 8. The second-order valence-corrected chi connectivity index (χ2v) is 7.82. The summed E-state index contributed by atoms with van der Waals surface area (Å²) in [7, 11) is 6.44. The van der Waals surface area contributed by atoms with Crippen LogP contribution in [0.4, 0.5) is 0 Å². The Morgan fingerprint density at radius 1 is 0.844 bits per heavy atom. The van der Waals surface area contributed by atoms with Gasteiger partial charge in [0.15, 0.2) is 23.0 Å². The molecule has 0 radical (unpaired) electrons. The fourth-order valence-electron chi connectivity index (χ4n) is 4.24. The molecule has 0 bridgehead atoms. The lowest BCUT2D eigenvalue weighted by atomic mass is 9.98. The van der Waals surface area contributed by atoms with Crippen LogP contribution in [0.3, 0.4) is 0 Å². The Bertz CT molecular complexity index is 1170. The van der Waals surface area contributed by atoms with Crippen LogP contribution in [0, 0.1) is 0 Å². The van der Waals surface area contributed by atoms with E-state index in [4.69, 9.17) is 18.9 Å². The minimum absolute atomic E-state index is 0.0724. The van der Waals surface area contributed by atoms with Crippen LogP contribution >= 0.6 is 0 Å². The summed E-state index contributed by atoms with van der Waals surface area (Å²) in [6.07, 6.45) is 3.43. The third kappa shape index (κ3) is 4.23. The second-order valence-electron chi connectivity index (χ2n) is 7.82. The Morgan fingerprint density at radius 3 is 2.16 bits per heavy atom. The lowest BCUT2D eigenvalue weighted by molar-refractivity contribution is 0.244. The number of benzene rings is 2. The number of hydrogen-bond donors (Lipinski definition) is 0. The number of fused-ring (bicyclic) bond motifs is 2. The molecule has 1 aliphatic rings. The Labute approximate surface area is 187 Å². The van der Waals surface area contributed by atoms with Gasteiger partial charge in [-0.1, -0.05) is 0 Å². The zero-order valence-electron chi connectivity index (χ0n) is 19.0. The van der Waals surface area contributed by atoms with E-state index in [1.54, 1.807) is 51.5 Å². The first-order valence-electron chi connectivity index (χ1n) is 10.6. The summed E-state index contributed by atoms with van der Waals surface area (Å²) >= 11 is 0.